The summed E-state index contributed by atoms with van der Waals surface area (Å²) >= 11 is 0. The quantitative estimate of drug-likeness (QED) is 0.803. The zero-order chi connectivity index (χ0) is 12.8. The molecule has 0 aliphatic heterocycles. The number of anilines is 1. The summed E-state index contributed by atoms with van der Waals surface area (Å²) in [6, 6.07) is 17.5. The van der Waals surface area contributed by atoms with Gasteiger partial charge >= 0.3 is 0 Å². The Bertz CT molecular complexity index is 570. The lowest BCUT2D eigenvalue weighted by Gasteiger charge is -2.07. The lowest BCUT2D eigenvalue weighted by Crippen LogP contribution is -2.13. The van der Waals surface area contributed by atoms with Gasteiger partial charge in [0.25, 0.3) is 0 Å². The molecule has 0 saturated carbocycles. The van der Waals surface area contributed by atoms with Crippen molar-refractivity contribution >= 4 is 5.69 Å². The second kappa shape index (κ2) is 5.85. The first kappa shape index (κ1) is 12.2. The first-order chi connectivity index (χ1) is 8.79. The Morgan fingerprint density at radius 3 is 2.67 bits per heavy atom. The van der Waals surface area contributed by atoms with Crippen LogP contribution in [0.2, 0.25) is 0 Å². The molecule has 0 aliphatic carbocycles. The minimum atomic E-state index is 0.688. The summed E-state index contributed by atoms with van der Waals surface area (Å²) in [7, 11) is 0. The number of nitrogen functional groups attached to an aromatic ring is 1. The molecule has 0 heterocycles. The van der Waals surface area contributed by atoms with Crippen LogP contribution in [0.4, 0.5) is 5.69 Å². The topological polar surface area (TPSA) is 61.8 Å². The summed E-state index contributed by atoms with van der Waals surface area (Å²) in [4.78, 5) is 0. The van der Waals surface area contributed by atoms with Gasteiger partial charge in [-0.15, -0.1) is 0 Å². The molecule has 18 heavy (non-hydrogen) atoms. The van der Waals surface area contributed by atoms with E-state index in [2.05, 4.69) is 11.4 Å². The first-order valence-corrected chi connectivity index (χ1v) is 5.83. The Morgan fingerprint density at radius 2 is 1.89 bits per heavy atom. The zero-order valence-electron chi connectivity index (χ0n) is 10.1. The Labute approximate surface area is 107 Å². The van der Waals surface area contributed by atoms with Crippen LogP contribution >= 0.6 is 0 Å². The van der Waals surface area contributed by atoms with Crippen LogP contribution in [-0.2, 0) is 13.1 Å². The molecule has 0 bridgehead atoms. The molecule has 0 radical (unpaired) electrons. The van der Waals surface area contributed by atoms with Crippen molar-refractivity contribution in [2.75, 3.05) is 5.73 Å². The molecule has 3 heteroatoms. The van der Waals surface area contributed by atoms with E-state index in [0.717, 1.165) is 29.9 Å². The summed E-state index contributed by atoms with van der Waals surface area (Å²) in [5.41, 5.74) is 9.54. The van der Waals surface area contributed by atoms with Crippen molar-refractivity contribution in [3.05, 3.63) is 65.2 Å². The second-order valence-electron chi connectivity index (χ2n) is 4.11. The minimum Gasteiger partial charge on any atom is -0.398 e. The molecule has 3 N–H and O–H groups in total. The predicted octanol–water partition coefficient (Wildman–Crippen LogP) is 2.43. The van der Waals surface area contributed by atoms with Gasteiger partial charge in [0.1, 0.15) is 0 Å². The molecular formula is C15H15N3. The SMILES string of the molecule is N#Cc1cccc(CNCc2ccccc2N)c1. The molecule has 0 fully saturated rings. The highest BCUT2D eigenvalue weighted by Crippen LogP contribution is 2.10. The Morgan fingerprint density at radius 1 is 1.06 bits per heavy atom. The normalized spacial score (nSPS) is 9.94. The van der Waals surface area contributed by atoms with Crippen LogP contribution in [0.3, 0.4) is 0 Å². The van der Waals surface area contributed by atoms with Gasteiger partial charge in [-0.25, -0.2) is 0 Å². The molecule has 0 unspecified atom stereocenters. The van der Waals surface area contributed by atoms with E-state index in [-0.39, 0.29) is 0 Å². The summed E-state index contributed by atoms with van der Waals surface area (Å²) < 4.78 is 0. The lowest BCUT2D eigenvalue weighted by molar-refractivity contribution is 0.694. The highest BCUT2D eigenvalue weighted by atomic mass is 14.9. The van der Waals surface area contributed by atoms with Crippen molar-refractivity contribution in [1.29, 1.82) is 5.26 Å². The molecule has 0 atom stereocenters. The molecule has 0 spiro atoms. The monoisotopic (exact) mass is 237 g/mol. The maximum atomic E-state index is 8.81. The van der Waals surface area contributed by atoms with E-state index in [4.69, 9.17) is 11.0 Å². The van der Waals surface area contributed by atoms with E-state index in [1.54, 1.807) is 6.07 Å². The molecule has 0 aromatic heterocycles. The molecular weight excluding hydrogens is 222 g/mol. The number of nitrogens with zero attached hydrogens (tertiary/aromatic N) is 1. The number of nitrogens with two attached hydrogens (primary N) is 1. The minimum absolute atomic E-state index is 0.688. The highest BCUT2D eigenvalue weighted by Gasteiger charge is 1.98. The number of para-hydroxylation sites is 1. The van der Waals surface area contributed by atoms with Crippen LogP contribution in [0.1, 0.15) is 16.7 Å². The van der Waals surface area contributed by atoms with Gasteiger partial charge < -0.3 is 11.1 Å². The Hall–Kier alpha value is -2.31. The van der Waals surface area contributed by atoms with Crippen LogP contribution in [0, 0.1) is 11.3 Å². The Balaban J connectivity index is 1.93. The fraction of sp³-hybridized carbons (Fsp3) is 0.133. The third-order valence-corrected chi connectivity index (χ3v) is 2.76. The number of nitriles is 1. The van der Waals surface area contributed by atoms with Crippen molar-refractivity contribution < 1.29 is 0 Å². The molecule has 0 amide bonds. The summed E-state index contributed by atoms with van der Waals surface area (Å²) in [5, 5.41) is 12.1. The number of hydrogen-bond acceptors (Lipinski definition) is 3. The van der Waals surface area contributed by atoms with Crippen molar-refractivity contribution in [3.8, 4) is 6.07 Å². The third kappa shape index (κ3) is 3.09. The van der Waals surface area contributed by atoms with E-state index in [1.165, 1.54) is 0 Å². The average Bonchev–Trinajstić information content (AvgIpc) is 2.41. The molecule has 2 aromatic rings. The molecule has 2 aromatic carbocycles. The van der Waals surface area contributed by atoms with Crippen molar-refractivity contribution in [1.82, 2.24) is 5.32 Å². The van der Waals surface area contributed by atoms with Crippen LogP contribution < -0.4 is 11.1 Å². The molecule has 2 rings (SSSR count). The second-order valence-corrected chi connectivity index (χ2v) is 4.11. The summed E-state index contributed by atoms with van der Waals surface area (Å²) in [6.45, 7) is 1.45. The summed E-state index contributed by atoms with van der Waals surface area (Å²) in [5.74, 6) is 0. The number of benzene rings is 2. The van der Waals surface area contributed by atoms with Crippen molar-refractivity contribution in [3.63, 3.8) is 0 Å². The van der Waals surface area contributed by atoms with Crippen LogP contribution in [0.25, 0.3) is 0 Å². The van der Waals surface area contributed by atoms with Gasteiger partial charge in [0.2, 0.25) is 0 Å². The third-order valence-electron chi connectivity index (χ3n) is 2.76. The lowest BCUT2D eigenvalue weighted by atomic mass is 10.1. The summed E-state index contributed by atoms with van der Waals surface area (Å²) in [6.07, 6.45) is 0. The van der Waals surface area contributed by atoms with E-state index >= 15 is 0 Å². The van der Waals surface area contributed by atoms with Crippen LogP contribution in [0.15, 0.2) is 48.5 Å². The van der Waals surface area contributed by atoms with Gasteiger partial charge in [-0.2, -0.15) is 5.26 Å². The predicted molar refractivity (Wildman–Crippen MR) is 72.6 cm³/mol. The highest BCUT2D eigenvalue weighted by molar-refractivity contribution is 5.46. The van der Waals surface area contributed by atoms with E-state index < -0.39 is 0 Å². The fourth-order valence-electron chi connectivity index (χ4n) is 1.79. The number of hydrogen-bond donors (Lipinski definition) is 2. The van der Waals surface area contributed by atoms with Crippen molar-refractivity contribution in [2.24, 2.45) is 0 Å². The zero-order valence-corrected chi connectivity index (χ0v) is 10.1. The molecule has 0 saturated heterocycles. The molecule has 3 nitrogen and oxygen atoms in total. The van der Waals surface area contributed by atoms with Crippen molar-refractivity contribution in [2.45, 2.75) is 13.1 Å². The van der Waals surface area contributed by atoms with Gasteiger partial charge in [0.05, 0.1) is 11.6 Å². The Kier molecular flexibility index (Phi) is 3.95. The van der Waals surface area contributed by atoms with E-state index in [1.807, 2.05) is 42.5 Å². The van der Waals surface area contributed by atoms with Gasteiger partial charge in [-0.05, 0) is 29.3 Å². The smallest absolute Gasteiger partial charge is 0.0991 e. The van der Waals surface area contributed by atoms with Gasteiger partial charge in [0.15, 0.2) is 0 Å². The largest absolute Gasteiger partial charge is 0.398 e. The number of nitrogens with one attached hydrogen (secondary N) is 1. The maximum absolute atomic E-state index is 8.81. The average molecular weight is 237 g/mol. The fourth-order valence-corrected chi connectivity index (χ4v) is 1.79. The molecule has 90 valence electrons. The van der Waals surface area contributed by atoms with Gasteiger partial charge in [-0.1, -0.05) is 30.3 Å². The molecule has 0 aliphatic rings. The first-order valence-electron chi connectivity index (χ1n) is 5.83. The van der Waals surface area contributed by atoms with E-state index in [9.17, 15) is 0 Å². The number of rotatable bonds is 4. The maximum Gasteiger partial charge on any atom is 0.0991 e. The van der Waals surface area contributed by atoms with Gasteiger partial charge in [0, 0.05) is 18.8 Å². The van der Waals surface area contributed by atoms with Crippen LogP contribution in [-0.4, -0.2) is 0 Å². The van der Waals surface area contributed by atoms with Gasteiger partial charge in [-0.3, -0.25) is 0 Å². The van der Waals surface area contributed by atoms with E-state index in [0.29, 0.717) is 5.56 Å². The standard InChI is InChI=1S/C15H15N3/c16-9-12-4-3-5-13(8-12)10-18-11-14-6-1-2-7-15(14)17/h1-8,18H,10-11,17H2. The van der Waals surface area contributed by atoms with Crippen LogP contribution in [0.5, 0.6) is 0 Å².